The van der Waals surface area contributed by atoms with E-state index in [1.807, 2.05) is 34.6 Å². The summed E-state index contributed by atoms with van der Waals surface area (Å²) < 4.78 is 7.19. The number of ether oxygens (including phenoxy) is 1. The second-order valence-electron chi connectivity index (χ2n) is 4.95. The van der Waals surface area contributed by atoms with Crippen molar-refractivity contribution in [2.24, 2.45) is 0 Å². The third-order valence-electron chi connectivity index (χ3n) is 3.66. The van der Waals surface area contributed by atoms with Gasteiger partial charge in [0.15, 0.2) is 0 Å². The molecular weight excluding hydrogens is 256 g/mol. The number of amides is 1. The van der Waals surface area contributed by atoms with E-state index in [1.165, 1.54) is 0 Å². The van der Waals surface area contributed by atoms with E-state index in [-0.39, 0.29) is 5.91 Å². The summed E-state index contributed by atoms with van der Waals surface area (Å²) in [6.45, 7) is 4.74. The van der Waals surface area contributed by atoms with E-state index < -0.39 is 0 Å². The van der Waals surface area contributed by atoms with Crippen molar-refractivity contribution in [2.45, 2.75) is 13.5 Å². The summed E-state index contributed by atoms with van der Waals surface area (Å²) >= 11 is 0. The van der Waals surface area contributed by atoms with Gasteiger partial charge in [0.1, 0.15) is 17.9 Å². The van der Waals surface area contributed by atoms with Crippen LogP contribution in [0.3, 0.4) is 0 Å². The number of imidazole rings is 1. The number of nitrogens with zero attached hydrogens (tertiary/aromatic N) is 3. The number of aryl methyl sites for hydroxylation is 1. The van der Waals surface area contributed by atoms with Gasteiger partial charge in [0.2, 0.25) is 5.91 Å². The Labute approximate surface area is 117 Å². The van der Waals surface area contributed by atoms with Crippen molar-refractivity contribution in [3.63, 3.8) is 0 Å². The molecule has 1 aromatic carbocycles. The fourth-order valence-electron chi connectivity index (χ4n) is 2.53. The highest BCUT2D eigenvalue weighted by Gasteiger charge is 2.19. The van der Waals surface area contributed by atoms with Crippen LogP contribution in [-0.2, 0) is 16.1 Å². The first-order valence-electron chi connectivity index (χ1n) is 6.73. The van der Waals surface area contributed by atoms with E-state index in [2.05, 4.69) is 4.98 Å². The summed E-state index contributed by atoms with van der Waals surface area (Å²) in [5.41, 5.74) is 8.24. The standard InChI is InChI=1S/C14H18N4O2/c1-10-16-14-11(15)3-2-4-12(14)18(10)9-13(19)17-5-7-20-8-6-17/h2-4H,5-9,15H2,1H3. The minimum atomic E-state index is 0.0955. The molecule has 0 unspecified atom stereocenters. The zero-order valence-electron chi connectivity index (χ0n) is 11.5. The van der Waals surface area contributed by atoms with E-state index in [1.54, 1.807) is 0 Å². The molecule has 0 spiro atoms. The van der Waals surface area contributed by atoms with Gasteiger partial charge in [-0.2, -0.15) is 0 Å². The number of nitrogens with two attached hydrogens (primary N) is 1. The molecule has 0 radical (unpaired) electrons. The highest BCUT2D eigenvalue weighted by molar-refractivity contribution is 5.89. The average molecular weight is 274 g/mol. The number of nitrogen functional groups attached to an aromatic ring is 1. The van der Waals surface area contributed by atoms with Crippen molar-refractivity contribution >= 4 is 22.6 Å². The second-order valence-corrected chi connectivity index (χ2v) is 4.95. The molecule has 1 fully saturated rings. The largest absolute Gasteiger partial charge is 0.397 e. The molecule has 0 atom stereocenters. The van der Waals surface area contributed by atoms with Crippen LogP contribution in [0.1, 0.15) is 5.82 Å². The van der Waals surface area contributed by atoms with Gasteiger partial charge in [-0.15, -0.1) is 0 Å². The molecule has 2 N–H and O–H groups in total. The van der Waals surface area contributed by atoms with Crippen molar-refractivity contribution in [3.8, 4) is 0 Å². The Kier molecular flexibility index (Phi) is 3.31. The van der Waals surface area contributed by atoms with Gasteiger partial charge in [0.05, 0.1) is 24.4 Å². The van der Waals surface area contributed by atoms with Crippen molar-refractivity contribution in [1.29, 1.82) is 0 Å². The molecule has 0 aliphatic carbocycles. The molecule has 2 heterocycles. The van der Waals surface area contributed by atoms with Gasteiger partial charge in [-0.25, -0.2) is 4.98 Å². The fourth-order valence-corrected chi connectivity index (χ4v) is 2.53. The number of carbonyl (C=O) groups is 1. The first kappa shape index (κ1) is 12.9. The molecule has 6 nitrogen and oxygen atoms in total. The van der Waals surface area contributed by atoms with E-state index in [0.717, 1.165) is 16.9 Å². The summed E-state index contributed by atoms with van der Waals surface area (Å²) in [7, 11) is 0. The molecule has 1 amide bonds. The van der Waals surface area contributed by atoms with Crippen molar-refractivity contribution in [1.82, 2.24) is 14.5 Å². The Bertz CT molecular complexity index is 644. The first-order chi connectivity index (χ1) is 9.66. The van der Waals surface area contributed by atoms with Crippen LogP contribution in [0.5, 0.6) is 0 Å². The minimum absolute atomic E-state index is 0.0955. The van der Waals surface area contributed by atoms with Crippen LogP contribution in [0.4, 0.5) is 5.69 Å². The third-order valence-corrected chi connectivity index (χ3v) is 3.66. The van der Waals surface area contributed by atoms with Gasteiger partial charge in [-0.3, -0.25) is 4.79 Å². The van der Waals surface area contributed by atoms with E-state index in [0.29, 0.717) is 38.5 Å². The van der Waals surface area contributed by atoms with Crippen molar-refractivity contribution in [2.75, 3.05) is 32.0 Å². The topological polar surface area (TPSA) is 73.4 Å². The molecule has 6 heteroatoms. The molecule has 20 heavy (non-hydrogen) atoms. The smallest absolute Gasteiger partial charge is 0.242 e. The predicted molar refractivity (Wildman–Crippen MR) is 76.3 cm³/mol. The lowest BCUT2D eigenvalue weighted by atomic mass is 10.2. The number of benzene rings is 1. The maximum absolute atomic E-state index is 12.3. The lowest BCUT2D eigenvalue weighted by Crippen LogP contribution is -2.42. The van der Waals surface area contributed by atoms with Crippen LogP contribution in [0.2, 0.25) is 0 Å². The highest BCUT2D eigenvalue weighted by atomic mass is 16.5. The number of anilines is 1. The van der Waals surface area contributed by atoms with Gasteiger partial charge < -0.3 is 19.9 Å². The molecule has 1 aromatic heterocycles. The van der Waals surface area contributed by atoms with Crippen LogP contribution in [0.15, 0.2) is 18.2 Å². The Morgan fingerprint density at radius 2 is 2.15 bits per heavy atom. The molecule has 1 aliphatic rings. The van der Waals surface area contributed by atoms with E-state index in [4.69, 9.17) is 10.5 Å². The maximum atomic E-state index is 12.3. The molecule has 1 aliphatic heterocycles. The number of carbonyl (C=O) groups excluding carboxylic acids is 1. The maximum Gasteiger partial charge on any atom is 0.242 e. The molecule has 2 aromatic rings. The molecule has 1 saturated heterocycles. The Morgan fingerprint density at radius 3 is 2.90 bits per heavy atom. The van der Waals surface area contributed by atoms with Gasteiger partial charge >= 0.3 is 0 Å². The zero-order chi connectivity index (χ0) is 14.1. The van der Waals surface area contributed by atoms with Crippen LogP contribution in [0, 0.1) is 6.92 Å². The predicted octanol–water partition coefficient (Wildman–Crippen LogP) is 0.786. The van der Waals surface area contributed by atoms with Crippen molar-refractivity contribution in [3.05, 3.63) is 24.0 Å². The number of morpholine rings is 1. The SMILES string of the molecule is Cc1nc2c(N)cccc2n1CC(=O)N1CCOCC1. The normalized spacial score (nSPS) is 15.8. The molecule has 0 bridgehead atoms. The lowest BCUT2D eigenvalue weighted by molar-refractivity contribution is -0.135. The Hall–Kier alpha value is -2.08. The lowest BCUT2D eigenvalue weighted by Gasteiger charge is -2.27. The molecule has 3 rings (SSSR count). The van der Waals surface area contributed by atoms with Crippen molar-refractivity contribution < 1.29 is 9.53 Å². The number of hydrogen-bond acceptors (Lipinski definition) is 4. The van der Waals surface area contributed by atoms with Crippen LogP contribution in [-0.4, -0.2) is 46.7 Å². The third kappa shape index (κ3) is 2.22. The minimum Gasteiger partial charge on any atom is -0.397 e. The van der Waals surface area contributed by atoms with Gasteiger partial charge in [-0.05, 0) is 19.1 Å². The number of rotatable bonds is 2. The fraction of sp³-hybridized carbons (Fsp3) is 0.429. The van der Waals surface area contributed by atoms with Crippen LogP contribution >= 0.6 is 0 Å². The summed E-state index contributed by atoms with van der Waals surface area (Å²) in [5.74, 6) is 0.901. The monoisotopic (exact) mass is 274 g/mol. The Balaban J connectivity index is 1.88. The zero-order valence-corrected chi connectivity index (χ0v) is 11.5. The van der Waals surface area contributed by atoms with Crippen LogP contribution < -0.4 is 5.73 Å². The number of fused-ring (bicyclic) bond motifs is 1. The molecule has 106 valence electrons. The Morgan fingerprint density at radius 1 is 1.40 bits per heavy atom. The van der Waals surface area contributed by atoms with Gasteiger partial charge in [0.25, 0.3) is 0 Å². The number of para-hydroxylation sites is 1. The quantitative estimate of drug-likeness (QED) is 0.822. The average Bonchev–Trinajstić information content (AvgIpc) is 2.78. The summed E-state index contributed by atoms with van der Waals surface area (Å²) in [6.07, 6.45) is 0. The van der Waals surface area contributed by atoms with Gasteiger partial charge in [0, 0.05) is 13.1 Å². The summed E-state index contributed by atoms with van der Waals surface area (Å²) in [5, 5.41) is 0. The highest BCUT2D eigenvalue weighted by Crippen LogP contribution is 2.21. The van der Waals surface area contributed by atoms with Crippen LogP contribution in [0.25, 0.3) is 11.0 Å². The van der Waals surface area contributed by atoms with E-state index in [9.17, 15) is 4.79 Å². The second kappa shape index (κ2) is 5.13. The molecular formula is C14H18N4O2. The summed E-state index contributed by atoms with van der Waals surface area (Å²) in [6, 6.07) is 5.65. The summed E-state index contributed by atoms with van der Waals surface area (Å²) in [4.78, 5) is 18.6. The van der Waals surface area contributed by atoms with Gasteiger partial charge in [-0.1, -0.05) is 6.07 Å². The first-order valence-corrected chi connectivity index (χ1v) is 6.73. The number of hydrogen-bond donors (Lipinski definition) is 1. The molecule has 0 saturated carbocycles. The van der Waals surface area contributed by atoms with E-state index >= 15 is 0 Å². The number of aromatic nitrogens is 2.